The second kappa shape index (κ2) is 16.4. The van der Waals surface area contributed by atoms with E-state index in [0.717, 1.165) is 49.5 Å². The van der Waals surface area contributed by atoms with Gasteiger partial charge < -0.3 is 34.3 Å². The third kappa shape index (κ3) is 11.3. The normalized spacial score (nSPS) is 15.9. The topological polar surface area (TPSA) is 104 Å². The summed E-state index contributed by atoms with van der Waals surface area (Å²) in [7, 11) is 1.61. The number of benzene rings is 2. The zero-order valence-electron chi connectivity index (χ0n) is 21.8. The predicted molar refractivity (Wildman–Crippen MR) is 142 cm³/mol. The Kier molecular flexibility index (Phi) is 13.0. The highest BCUT2D eigenvalue weighted by molar-refractivity contribution is 5.31. The fourth-order valence-corrected chi connectivity index (χ4v) is 4.28. The molecule has 3 N–H and O–H groups in total. The van der Waals surface area contributed by atoms with Gasteiger partial charge in [0.05, 0.1) is 26.9 Å². The number of aryl methyl sites for hydroxylation is 1. The molecule has 0 aliphatic carbocycles. The molecule has 1 saturated heterocycles. The van der Waals surface area contributed by atoms with E-state index in [9.17, 15) is 15.3 Å². The van der Waals surface area contributed by atoms with E-state index >= 15 is 0 Å². The third-order valence-corrected chi connectivity index (χ3v) is 6.24. The SMILES string of the molecule is COc1ccc(OCC(O)CN(CCO)CCCc2cccc(OCC(O)CN3CCOCC3)c2)cc1. The second-order valence-corrected chi connectivity index (χ2v) is 9.29. The largest absolute Gasteiger partial charge is 0.497 e. The summed E-state index contributed by atoms with van der Waals surface area (Å²) in [5, 5.41) is 30.2. The lowest BCUT2D eigenvalue weighted by molar-refractivity contribution is 0.00464. The fourth-order valence-electron chi connectivity index (χ4n) is 4.28. The Labute approximate surface area is 220 Å². The molecule has 3 rings (SSSR count). The average Bonchev–Trinajstić information content (AvgIpc) is 2.92. The molecule has 0 spiro atoms. The van der Waals surface area contributed by atoms with Crippen molar-refractivity contribution in [2.45, 2.75) is 25.0 Å². The number of hydrogen-bond donors (Lipinski definition) is 3. The summed E-state index contributed by atoms with van der Waals surface area (Å²) in [6.45, 7) is 5.78. The molecule has 0 aromatic heterocycles. The summed E-state index contributed by atoms with van der Waals surface area (Å²) < 4.78 is 22.0. The van der Waals surface area contributed by atoms with Crippen LogP contribution in [0.2, 0.25) is 0 Å². The maximum absolute atomic E-state index is 10.4. The van der Waals surface area contributed by atoms with Crippen LogP contribution in [0.5, 0.6) is 17.2 Å². The van der Waals surface area contributed by atoms with Gasteiger partial charge in [0.2, 0.25) is 0 Å². The standard InChI is InChI=1S/C28H42N2O7/c1-34-26-7-9-27(10-8-26)36-21-24(32)19-29(12-15-31)11-3-5-23-4-2-6-28(18-23)37-22-25(33)20-30-13-16-35-17-14-30/h2,4,6-10,18,24-25,31-33H,3,5,11-17,19-22H2,1H3. The molecule has 2 aromatic rings. The number of hydrogen-bond acceptors (Lipinski definition) is 9. The van der Waals surface area contributed by atoms with Crippen LogP contribution in [0, 0.1) is 0 Å². The number of methoxy groups -OCH3 is 1. The second-order valence-electron chi connectivity index (χ2n) is 9.29. The average molecular weight is 519 g/mol. The molecule has 9 heteroatoms. The molecular weight excluding hydrogens is 476 g/mol. The molecule has 206 valence electrons. The van der Waals surface area contributed by atoms with Gasteiger partial charge in [0, 0.05) is 32.7 Å². The zero-order chi connectivity index (χ0) is 26.3. The van der Waals surface area contributed by atoms with Gasteiger partial charge in [0.1, 0.15) is 42.7 Å². The lowest BCUT2D eigenvalue weighted by Crippen LogP contribution is -2.42. The number of ether oxygens (including phenoxy) is 4. The van der Waals surface area contributed by atoms with E-state index in [0.29, 0.717) is 38.6 Å². The van der Waals surface area contributed by atoms with Crippen LogP contribution in [0.1, 0.15) is 12.0 Å². The van der Waals surface area contributed by atoms with Crippen molar-refractivity contribution in [1.29, 1.82) is 0 Å². The van der Waals surface area contributed by atoms with Gasteiger partial charge in [-0.05, 0) is 61.3 Å². The molecule has 1 aliphatic heterocycles. The van der Waals surface area contributed by atoms with Crippen molar-refractivity contribution in [1.82, 2.24) is 9.80 Å². The minimum atomic E-state index is -0.672. The van der Waals surface area contributed by atoms with E-state index in [-0.39, 0.29) is 19.8 Å². The Bertz CT molecular complexity index is 877. The molecule has 1 aliphatic rings. The first kappa shape index (κ1) is 29.2. The maximum Gasteiger partial charge on any atom is 0.119 e. The van der Waals surface area contributed by atoms with E-state index in [4.69, 9.17) is 18.9 Å². The number of rotatable bonds is 17. The number of nitrogens with zero attached hydrogens (tertiary/aromatic N) is 2. The molecule has 0 radical (unpaired) electrons. The van der Waals surface area contributed by atoms with E-state index in [1.54, 1.807) is 19.2 Å². The minimum Gasteiger partial charge on any atom is -0.497 e. The molecule has 1 heterocycles. The molecular formula is C28H42N2O7. The van der Waals surface area contributed by atoms with Gasteiger partial charge in [-0.15, -0.1) is 0 Å². The highest BCUT2D eigenvalue weighted by atomic mass is 16.5. The number of morpholine rings is 1. The van der Waals surface area contributed by atoms with Crippen molar-refractivity contribution < 1.29 is 34.3 Å². The lowest BCUT2D eigenvalue weighted by atomic mass is 10.1. The van der Waals surface area contributed by atoms with Crippen LogP contribution < -0.4 is 14.2 Å². The number of aliphatic hydroxyl groups excluding tert-OH is 3. The highest BCUT2D eigenvalue weighted by Crippen LogP contribution is 2.18. The number of aliphatic hydroxyl groups is 3. The molecule has 2 aromatic carbocycles. The molecule has 0 amide bonds. The first-order valence-corrected chi connectivity index (χ1v) is 13.0. The van der Waals surface area contributed by atoms with E-state index in [1.165, 1.54) is 0 Å². The van der Waals surface area contributed by atoms with Crippen molar-refractivity contribution in [3.8, 4) is 17.2 Å². The Balaban J connectivity index is 1.37. The van der Waals surface area contributed by atoms with Gasteiger partial charge in [-0.2, -0.15) is 0 Å². The molecule has 2 atom stereocenters. The Morgan fingerprint density at radius 3 is 2.35 bits per heavy atom. The smallest absolute Gasteiger partial charge is 0.119 e. The Hall–Kier alpha value is -2.40. The van der Waals surface area contributed by atoms with Crippen molar-refractivity contribution in [3.63, 3.8) is 0 Å². The summed E-state index contributed by atoms with van der Waals surface area (Å²) in [6, 6.07) is 15.2. The molecule has 37 heavy (non-hydrogen) atoms. The Morgan fingerprint density at radius 1 is 0.919 bits per heavy atom. The van der Waals surface area contributed by atoms with Crippen LogP contribution in [0.3, 0.4) is 0 Å². The predicted octanol–water partition coefficient (Wildman–Crippen LogP) is 1.43. The van der Waals surface area contributed by atoms with Crippen LogP contribution >= 0.6 is 0 Å². The monoisotopic (exact) mass is 518 g/mol. The van der Waals surface area contributed by atoms with E-state index < -0.39 is 12.2 Å². The summed E-state index contributed by atoms with van der Waals surface area (Å²) in [6.07, 6.45) is 0.492. The summed E-state index contributed by atoms with van der Waals surface area (Å²) in [4.78, 5) is 4.23. The van der Waals surface area contributed by atoms with Crippen LogP contribution in [-0.4, -0.2) is 117 Å². The number of β-amino-alcohol motifs (C(OH)–C–C–N with tert-alkyl or cyclic N) is 1. The van der Waals surface area contributed by atoms with Gasteiger partial charge in [0.15, 0.2) is 0 Å². The molecule has 0 bridgehead atoms. The zero-order valence-corrected chi connectivity index (χ0v) is 21.8. The van der Waals surface area contributed by atoms with Crippen LogP contribution in [0.15, 0.2) is 48.5 Å². The summed E-state index contributed by atoms with van der Waals surface area (Å²) in [5.74, 6) is 2.17. The van der Waals surface area contributed by atoms with Crippen LogP contribution in [0.25, 0.3) is 0 Å². The van der Waals surface area contributed by atoms with Gasteiger partial charge in [0.25, 0.3) is 0 Å². The molecule has 9 nitrogen and oxygen atoms in total. The van der Waals surface area contributed by atoms with Gasteiger partial charge in [-0.1, -0.05) is 12.1 Å². The maximum atomic E-state index is 10.4. The minimum absolute atomic E-state index is 0.0299. The van der Waals surface area contributed by atoms with Crippen molar-refractivity contribution in [2.75, 3.05) is 79.4 Å². The van der Waals surface area contributed by atoms with Gasteiger partial charge in [-0.3, -0.25) is 9.80 Å². The molecule has 1 fully saturated rings. The quantitative estimate of drug-likeness (QED) is 0.287. The van der Waals surface area contributed by atoms with E-state index in [1.807, 2.05) is 35.2 Å². The molecule has 0 saturated carbocycles. The summed E-state index contributed by atoms with van der Waals surface area (Å²) in [5.41, 5.74) is 1.15. The van der Waals surface area contributed by atoms with Crippen LogP contribution in [-0.2, 0) is 11.2 Å². The Morgan fingerprint density at radius 2 is 1.62 bits per heavy atom. The summed E-state index contributed by atoms with van der Waals surface area (Å²) >= 11 is 0. The van der Waals surface area contributed by atoms with Crippen molar-refractivity contribution in [3.05, 3.63) is 54.1 Å². The lowest BCUT2D eigenvalue weighted by Gasteiger charge is -2.28. The third-order valence-electron chi connectivity index (χ3n) is 6.24. The first-order valence-electron chi connectivity index (χ1n) is 13.0. The fraction of sp³-hybridized carbons (Fsp3) is 0.571. The van der Waals surface area contributed by atoms with Crippen molar-refractivity contribution in [2.24, 2.45) is 0 Å². The van der Waals surface area contributed by atoms with Crippen molar-refractivity contribution >= 4 is 0 Å². The van der Waals surface area contributed by atoms with Crippen LogP contribution in [0.4, 0.5) is 0 Å². The molecule has 2 unspecified atom stereocenters. The van der Waals surface area contributed by atoms with Gasteiger partial charge >= 0.3 is 0 Å². The van der Waals surface area contributed by atoms with E-state index in [2.05, 4.69) is 11.0 Å². The van der Waals surface area contributed by atoms with Gasteiger partial charge in [-0.25, -0.2) is 0 Å². The highest BCUT2D eigenvalue weighted by Gasteiger charge is 2.16. The first-order chi connectivity index (χ1) is 18.1.